The first kappa shape index (κ1) is 39.7. The molecule has 13 heteroatoms. The van der Waals surface area contributed by atoms with Crippen molar-refractivity contribution in [3.8, 4) is 0 Å². The summed E-state index contributed by atoms with van der Waals surface area (Å²) >= 11 is 0. The molecule has 4 aliphatic rings. The van der Waals surface area contributed by atoms with E-state index in [1.807, 2.05) is 36.4 Å². The molecule has 12 nitrogen and oxygen atoms in total. The second-order valence-corrected chi connectivity index (χ2v) is 16.1. The maximum atomic E-state index is 13.9. The van der Waals surface area contributed by atoms with Gasteiger partial charge in [0, 0.05) is 74.9 Å². The molecule has 0 bridgehead atoms. The van der Waals surface area contributed by atoms with Crippen molar-refractivity contribution in [1.82, 2.24) is 31.1 Å². The van der Waals surface area contributed by atoms with E-state index in [0.717, 1.165) is 29.5 Å². The van der Waals surface area contributed by atoms with Crippen LogP contribution in [0.4, 0.5) is 9.18 Å². The van der Waals surface area contributed by atoms with Gasteiger partial charge in [0.05, 0.1) is 24.0 Å². The number of amides is 6. The van der Waals surface area contributed by atoms with Gasteiger partial charge in [-0.05, 0) is 72.4 Å². The van der Waals surface area contributed by atoms with Gasteiger partial charge >= 0.3 is 6.03 Å². The molecule has 2 aliphatic heterocycles. The Hall–Kier alpha value is -6.08. The van der Waals surface area contributed by atoms with Crippen LogP contribution in [0, 0.1) is 17.7 Å². The highest BCUT2D eigenvalue weighted by molar-refractivity contribution is 5.99. The minimum Gasteiger partial charge on any atom is -0.377 e. The third-order valence-corrected chi connectivity index (χ3v) is 12.1. The Balaban J connectivity index is 0.877. The van der Waals surface area contributed by atoms with Gasteiger partial charge in [-0.1, -0.05) is 72.8 Å². The molecule has 4 aromatic carbocycles. The first-order chi connectivity index (χ1) is 28.6. The predicted molar refractivity (Wildman–Crippen MR) is 218 cm³/mol. The number of ether oxygens (including phenoxy) is 1. The Morgan fingerprint density at radius 2 is 1.10 bits per heavy atom. The molecule has 0 aromatic heterocycles. The molecule has 8 atom stereocenters. The van der Waals surface area contributed by atoms with Gasteiger partial charge in [0.25, 0.3) is 11.8 Å². The number of urea groups is 1. The number of benzene rings is 4. The highest BCUT2D eigenvalue weighted by Gasteiger charge is 2.49. The quantitative estimate of drug-likeness (QED) is 0.159. The Labute approximate surface area is 342 Å². The number of nitrogens with zero attached hydrogens (tertiary/aromatic N) is 2. The SMILES string of the molecule is CO[C@H]1CN(C(=O)c2ccc(C(=O)N3C[C@@H](C(=O)N[C@H]4C[C@@H]4c4ccccc4)[C@H](C(=O)N[C@H]4C[C@@H]4c4ccccc4)C3)cc2)C[C@@H]1NC(=O)NCCc1ccc(F)cc1. The van der Waals surface area contributed by atoms with E-state index >= 15 is 0 Å². The molecule has 59 heavy (non-hydrogen) atoms. The van der Waals surface area contributed by atoms with E-state index in [1.165, 1.54) is 19.2 Å². The van der Waals surface area contributed by atoms with Crippen LogP contribution in [-0.4, -0.2) is 104 Å². The number of hydrogen-bond donors (Lipinski definition) is 4. The number of rotatable bonds is 13. The molecule has 2 aliphatic carbocycles. The molecule has 306 valence electrons. The lowest BCUT2D eigenvalue weighted by molar-refractivity contribution is -0.133. The fraction of sp³-hybridized carbons (Fsp3) is 0.370. The topological polar surface area (TPSA) is 149 Å². The van der Waals surface area contributed by atoms with E-state index in [4.69, 9.17) is 4.74 Å². The molecule has 2 saturated carbocycles. The van der Waals surface area contributed by atoms with E-state index in [0.29, 0.717) is 24.1 Å². The van der Waals surface area contributed by atoms with Crippen LogP contribution < -0.4 is 21.3 Å². The molecule has 8 rings (SSSR count). The minimum absolute atomic E-state index is 0.0219. The number of nitrogens with one attached hydrogen (secondary N) is 4. The van der Waals surface area contributed by atoms with Crippen LogP contribution in [0.2, 0.25) is 0 Å². The standard InChI is InChI=1S/C46H49FN6O6/c1-59-41-27-53(26-40(41)51-46(58)48-21-20-28-12-18-33(47)19-13-28)45(57)32-16-14-31(15-17-32)44(56)52-24-36(42(54)49-38-22-34(38)29-8-4-2-5-9-29)37(25-52)43(55)50-39-23-35(39)30-10-6-3-7-11-30/h2-19,34-41H,20-27H2,1H3,(H,49,54)(H,50,55)(H2,48,51,58)/t34-,35-,36-,37-,38+,39+,40+,41+/m1/s1. The fourth-order valence-corrected chi connectivity index (χ4v) is 8.56. The predicted octanol–water partition coefficient (Wildman–Crippen LogP) is 4.24. The van der Waals surface area contributed by atoms with Crippen LogP contribution in [0.15, 0.2) is 109 Å². The highest BCUT2D eigenvalue weighted by atomic mass is 19.1. The monoisotopic (exact) mass is 800 g/mol. The molecule has 6 amide bonds. The highest BCUT2D eigenvalue weighted by Crippen LogP contribution is 2.42. The maximum Gasteiger partial charge on any atom is 0.315 e. The zero-order chi connectivity index (χ0) is 41.0. The Bertz CT molecular complexity index is 2080. The minimum atomic E-state index is -0.715. The van der Waals surface area contributed by atoms with Crippen molar-refractivity contribution in [2.24, 2.45) is 11.8 Å². The second kappa shape index (κ2) is 17.4. The van der Waals surface area contributed by atoms with Gasteiger partial charge < -0.3 is 35.8 Å². The Morgan fingerprint density at radius 1 is 0.610 bits per heavy atom. The van der Waals surface area contributed by atoms with Gasteiger partial charge in [-0.2, -0.15) is 0 Å². The van der Waals surface area contributed by atoms with Gasteiger partial charge in [-0.15, -0.1) is 0 Å². The summed E-state index contributed by atoms with van der Waals surface area (Å²) in [6, 6.07) is 31.7. The number of carbonyl (C=O) groups excluding carboxylic acids is 5. The lowest BCUT2D eigenvalue weighted by Crippen LogP contribution is -2.48. The lowest BCUT2D eigenvalue weighted by atomic mass is 9.94. The number of carbonyl (C=O) groups is 5. The summed E-state index contributed by atoms with van der Waals surface area (Å²) in [7, 11) is 1.53. The van der Waals surface area contributed by atoms with E-state index in [9.17, 15) is 28.4 Å². The number of halogens is 1. The third kappa shape index (κ3) is 9.30. The van der Waals surface area contributed by atoms with Crippen LogP contribution in [0.1, 0.15) is 62.1 Å². The Morgan fingerprint density at radius 3 is 1.59 bits per heavy atom. The van der Waals surface area contributed by atoms with Crippen LogP contribution in [0.3, 0.4) is 0 Å². The molecular formula is C46H49FN6O6. The van der Waals surface area contributed by atoms with Crippen molar-refractivity contribution in [2.75, 3.05) is 39.8 Å². The molecule has 4 aromatic rings. The van der Waals surface area contributed by atoms with Gasteiger partial charge in [0.1, 0.15) is 5.82 Å². The third-order valence-electron chi connectivity index (χ3n) is 12.1. The lowest BCUT2D eigenvalue weighted by Gasteiger charge is -2.19. The van der Waals surface area contributed by atoms with Crippen molar-refractivity contribution in [3.05, 3.63) is 143 Å². The van der Waals surface area contributed by atoms with Crippen LogP contribution in [0.25, 0.3) is 0 Å². The summed E-state index contributed by atoms with van der Waals surface area (Å²) in [5.74, 6) is -2.36. The molecule has 2 heterocycles. The average molecular weight is 801 g/mol. The molecule has 4 fully saturated rings. The fourth-order valence-electron chi connectivity index (χ4n) is 8.56. The summed E-state index contributed by atoms with van der Waals surface area (Å²) < 4.78 is 18.8. The van der Waals surface area contributed by atoms with Crippen LogP contribution in [-0.2, 0) is 20.7 Å². The number of likely N-dealkylation sites (tertiary alicyclic amines) is 2. The first-order valence-electron chi connectivity index (χ1n) is 20.4. The summed E-state index contributed by atoms with van der Waals surface area (Å²) in [5.41, 5.74) is 3.93. The van der Waals surface area contributed by atoms with Gasteiger partial charge in [0.15, 0.2) is 0 Å². The Kier molecular flexibility index (Phi) is 11.7. The zero-order valence-corrected chi connectivity index (χ0v) is 32.9. The smallest absolute Gasteiger partial charge is 0.315 e. The van der Waals surface area contributed by atoms with Crippen molar-refractivity contribution in [2.45, 2.75) is 55.3 Å². The van der Waals surface area contributed by atoms with Crippen molar-refractivity contribution >= 4 is 29.7 Å². The van der Waals surface area contributed by atoms with E-state index in [1.54, 1.807) is 46.2 Å². The second-order valence-electron chi connectivity index (χ2n) is 16.1. The normalized spacial score (nSPS) is 25.5. The average Bonchev–Trinajstić information content (AvgIpc) is 4.11. The summed E-state index contributed by atoms with van der Waals surface area (Å²) in [4.78, 5) is 71.1. The van der Waals surface area contributed by atoms with Crippen molar-refractivity contribution < 1.29 is 33.1 Å². The summed E-state index contributed by atoms with van der Waals surface area (Å²) in [5, 5.41) is 12.0. The van der Waals surface area contributed by atoms with Gasteiger partial charge in [-0.3, -0.25) is 19.2 Å². The zero-order valence-electron chi connectivity index (χ0n) is 32.9. The van der Waals surface area contributed by atoms with Gasteiger partial charge in [-0.25, -0.2) is 9.18 Å². The summed E-state index contributed by atoms with van der Waals surface area (Å²) in [6.07, 6.45) is 1.75. The van der Waals surface area contributed by atoms with E-state index in [2.05, 4.69) is 45.5 Å². The van der Waals surface area contributed by atoms with Crippen molar-refractivity contribution in [3.63, 3.8) is 0 Å². The van der Waals surface area contributed by atoms with E-state index in [-0.39, 0.29) is 79.5 Å². The first-order valence-corrected chi connectivity index (χ1v) is 20.4. The number of methoxy groups -OCH3 is 1. The van der Waals surface area contributed by atoms with Crippen LogP contribution >= 0.6 is 0 Å². The molecular weight excluding hydrogens is 752 g/mol. The molecule has 2 saturated heterocycles. The van der Waals surface area contributed by atoms with E-state index < -0.39 is 30.0 Å². The van der Waals surface area contributed by atoms with Gasteiger partial charge in [0.2, 0.25) is 11.8 Å². The van der Waals surface area contributed by atoms with Crippen molar-refractivity contribution in [1.29, 1.82) is 0 Å². The number of hydrogen-bond acceptors (Lipinski definition) is 6. The largest absolute Gasteiger partial charge is 0.377 e. The molecule has 0 unspecified atom stereocenters. The summed E-state index contributed by atoms with van der Waals surface area (Å²) in [6.45, 7) is 1.03. The molecule has 4 N–H and O–H groups in total. The molecule has 0 spiro atoms. The maximum absolute atomic E-state index is 13.9. The molecule has 0 radical (unpaired) electrons. The van der Waals surface area contributed by atoms with Crippen LogP contribution in [0.5, 0.6) is 0 Å².